The molecule has 0 aliphatic rings. The quantitative estimate of drug-likeness (QED) is 0.0222. The third-order valence-corrected chi connectivity index (χ3v) is 20.0. The molecule has 0 amide bonds. The Morgan fingerprint density at radius 1 is 0.295 bits per heavy atom. The number of aliphatic hydroxyl groups excluding tert-OH is 1. The van der Waals surface area contributed by atoms with Gasteiger partial charge in [-0.15, -0.1) is 0 Å². The molecule has 0 aliphatic heterocycles. The fourth-order valence-electron chi connectivity index (χ4n) is 11.7. The molecule has 0 aliphatic carbocycles. The summed E-state index contributed by atoms with van der Waals surface area (Å²) < 4.78 is 68.5. The van der Waals surface area contributed by atoms with Crippen molar-refractivity contribution in [2.75, 3.05) is 39.6 Å². The van der Waals surface area contributed by atoms with Crippen molar-refractivity contribution >= 4 is 39.5 Å². The summed E-state index contributed by atoms with van der Waals surface area (Å²) in [4.78, 5) is 72.7. The van der Waals surface area contributed by atoms with Crippen LogP contribution in [0.4, 0.5) is 0 Å². The molecule has 0 aromatic carbocycles. The molecule has 0 aromatic rings. The predicted molar refractivity (Wildman–Crippen MR) is 386 cm³/mol. The van der Waals surface area contributed by atoms with E-state index >= 15 is 0 Å². The molecule has 19 heteroatoms. The lowest BCUT2D eigenvalue weighted by atomic mass is 9.99. The van der Waals surface area contributed by atoms with Gasteiger partial charge in [-0.2, -0.15) is 0 Å². The van der Waals surface area contributed by atoms with Gasteiger partial charge in [0.05, 0.1) is 26.4 Å². The van der Waals surface area contributed by atoms with Crippen molar-refractivity contribution in [2.45, 2.75) is 419 Å². The molecule has 0 heterocycles. The summed E-state index contributed by atoms with van der Waals surface area (Å²) in [6.07, 6.45) is 58.1. The first kappa shape index (κ1) is 93.1. The van der Waals surface area contributed by atoms with E-state index in [4.69, 9.17) is 37.0 Å². The molecule has 0 aromatic heterocycles. The lowest BCUT2D eigenvalue weighted by molar-refractivity contribution is -0.161. The van der Waals surface area contributed by atoms with E-state index < -0.39 is 97.5 Å². The lowest BCUT2D eigenvalue weighted by Crippen LogP contribution is -2.30. The number of carbonyl (C=O) groups excluding carboxylic acids is 4. The van der Waals surface area contributed by atoms with Crippen LogP contribution in [0.25, 0.3) is 0 Å². The van der Waals surface area contributed by atoms with Gasteiger partial charge in [-0.1, -0.05) is 349 Å². The van der Waals surface area contributed by atoms with E-state index in [-0.39, 0.29) is 25.7 Å². The highest BCUT2D eigenvalue weighted by atomic mass is 31.2. The molecule has 0 saturated heterocycles. The van der Waals surface area contributed by atoms with E-state index in [0.717, 1.165) is 95.8 Å². The second kappa shape index (κ2) is 69.2. The van der Waals surface area contributed by atoms with E-state index in [1.807, 2.05) is 0 Å². The summed E-state index contributed by atoms with van der Waals surface area (Å²) in [5, 5.41) is 10.6. The highest BCUT2D eigenvalue weighted by Gasteiger charge is 2.30. The van der Waals surface area contributed by atoms with Gasteiger partial charge in [0.2, 0.25) is 0 Å². The number of carbonyl (C=O) groups is 4. The minimum atomic E-state index is -4.96. The molecule has 95 heavy (non-hydrogen) atoms. The largest absolute Gasteiger partial charge is 0.472 e. The fraction of sp³-hybridized carbons (Fsp3) is 0.947. The standard InChI is InChI=1S/C76H148O17P2/c1-6-10-13-16-19-22-25-26-27-28-29-33-36-41-45-50-55-60-74(79)87-66-72(93-76(81)62-57-52-47-42-37-34-31-30-32-35-38-43-48-53-58-69(5)9-4)68-91-95(84,85)89-64-70(77)63-88-94(82,83)90-67-71(92-75(80)61-56-51-46-40-24-21-18-15-12-8-3)65-86-73(78)59-54-49-44-39-23-20-17-14-11-7-2/h69-72,77H,6-68H2,1-5H3,(H,82,83)(H,84,85)/t69?,70-,71+,72+/m0/s1. The van der Waals surface area contributed by atoms with E-state index in [2.05, 4.69) is 34.6 Å². The molecule has 564 valence electrons. The molecular weight excluding hydrogens is 1250 g/mol. The van der Waals surface area contributed by atoms with Crippen molar-refractivity contribution in [3.63, 3.8) is 0 Å². The van der Waals surface area contributed by atoms with E-state index in [9.17, 15) is 43.2 Å². The molecule has 0 spiro atoms. The van der Waals surface area contributed by atoms with Crippen LogP contribution in [0.2, 0.25) is 0 Å². The van der Waals surface area contributed by atoms with Crippen LogP contribution < -0.4 is 0 Å². The zero-order chi connectivity index (χ0) is 69.8. The summed E-state index contributed by atoms with van der Waals surface area (Å²) in [6, 6.07) is 0. The Labute approximate surface area is 581 Å². The normalized spacial score (nSPS) is 14.2. The molecule has 17 nitrogen and oxygen atoms in total. The van der Waals surface area contributed by atoms with Crippen molar-refractivity contribution in [2.24, 2.45) is 5.92 Å². The molecular formula is C76H148O17P2. The number of unbranched alkanes of at least 4 members (excludes halogenated alkanes) is 47. The van der Waals surface area contributed by atoms with Gasteiger partial charge >= 0.3 is 39.5 Å². The zero-order valence-electron chi connectivity index (χ0n) is 61.8. The van der Waals surface area contributed by atoms with Crippen LogP contribution in [0.1, 0.15) is 401 Å². The van der Waals surface area contributed by atoms with Gasteiger partial charge in [-0.05, 0) is 31.6 Å². The fourth-order valence-corrected chi connectivity index (χ4v) is 13.3. The third-order valence-electron chi connectivity index (χ3n) is 18.1. The monoisotopic (exact) mass is 1400 g/mol. The van der Waals surface area contributed by atoms with Gasteiger partial charge in [-0.3, -0.25) is 37.3 Å². The summed E-state index contributed by atoms with van der Waals surface area (Å²) in [5.41, 5.74) is 0. The summed E-state index contributed by atoms with van der Waals surface area (Å²) >= 11 is 0. The van der Waals surface area contributed by atoms with E-state index in [1.54, 1.807) is 0 Å². The highest BCUT2D eigenvalue weighted by Crippen LogP contribution is 2.45. The maximum absolute atomic E-state index is 13.1. The van der Waals surface area contributed by atoms with Crippen molar-refractivity contribution in [1.29, 1.82) is 0 Å². The van der Waals surface area contributed by atoms with E-state index in [0.29, 0.717) is 25.7 Å². The minimum absolute atomic E-state index is 0.107. The molecule has 0 rings (SSSR count). The van der Waals surface area contributed by atoms with Gasteiger partial charge in [0.1, 0.15) is 19.3 Å². The first-order chi connectivity index (χ1) is 46.1. The Bertz CT molecular complexity index is 1820. The summed E-state index contributed by atoms with van der Waals surface area (Å²) in [7, 11) is -9.91. The molecule has 3 N–H and O–H groups in total. The van der Waals surface area contributed by atoms with Crippen molar-refractivity contribution in [3.05, 3.63) is 0 Å². The third kappa shape index (κ3) is 69.0. The Balaban J connectivity index is 5.21. The van der Waals surface area contributed by atoms with Crippen LogP contribution in [-0.2, 0) is 65.4 Å². The zero-order valence-corrected chi connectivity index (χ0v) is 63.6. The Kier molecular flexibility index (Phi) is 67.7. The van der Waals surface area contributed by atoms with Crippen LogP contribution in [0, 0.1) is 5.92 Å². The SMILES string of the molecule is CCCCCCCCCCCCCCCCCCCC(=O)OC[C@H](COP(=O)(O)OC[C@@H](O)COP(=O)(O)OC[C@@H](COC(=O)CCCCCCCCCCCC)OC(=O)CCCCCCCCCCCC)OC(=O)CCCCCCCCCCCCCCCCC(C)CC. The van der Waals surface area contributed by atoms with Crippen molar-refractivity contribution in [3.8, 4) is 0 Å². The first-order valence-electron chi connectivity index (χ1n) is 39.7. The highest BCUT2D eigenvalue weighted by molar-refractivity contribution is 7.47. The number of aliphatic hydroxyl groups is 1. The van der Waals surface area contributed by atoms with Gasteiger partial charge in [-0.25, -0.2) is 9.13 Å². The minimum Gasteiger partial charge on any atom is -0.462 e. The van der Waals surface area contributed by atoms with Crippen LogP contribution in [-0.4, -0.2) is 96.7 Å². The average Bonchev–Trinajstić information content (AvgIpc) is 1.65. The Morgan fingerprint density at radius 3 is 0.747 bits per heavy atom. The number of hydrogen-bond acceptors (Lipinski definition) is 15. The molecule has 0 fully saturated rings. The van der Waals surface area contributed by atoms with Crippen LogP contribution in [0.5, 0.6) is 0 Å². The number of esters is 4. The topological polar surface area (TPSA) is 237 Å². The van der Waals surface area contributed by atoms with Crippen LogP contribution in [0.15, 0.2) is 0 Å². The van der Waals surface area contributed by atoms with Gasteiger partial charge in [0, 0.05) is 25.7 Å². The van der Waals surface area contributed by atoms with Crippen molar-refractivity contribution < 1.29 is 80.2 Å². The molecule has 0 saturated carbocycles. The van der Waals surface area contributed by atoms with E-state index in [1.165, 1.54) is 225 Å². The summed E-state index contributed by atoms with van der Waals surface area (Å²) in [6.45, 7) is 7.33. The van der Waals surface area contributed by atoms with Crippen molar-refractivity contribution in [1.82, 2.24) is 0 Å². The number of phosphoric acid groups is 2. The van der Waals surface area contributed by atoms with Crippen LogP contribution in [0.3, 0.4) is 0 Å². The number of phosphoric ester groups is 2. The Hall–Kier alpha value is -1.94. The maximum Gasteiger partial charge on any atom is 0.472 e. The molecule has 6 atom stereocenters. The maximum atomic E-state index is 13.1. The van der Waals surface area contributed by atoms with Gasteiger partial charge in [0.15, 0.2) is 12.2 Å². The lowest BCUT2D eigenvalue weighted by Gasteiger charge is -2.21. The molecule has 0 radical (unpaired) electrons. The summed E-state index contributed by atoms with van der Waals surface area (Å²) in [5.74, 6) is -1.27. The molecule has 0 bridgehead atoms. The first-order valence-corrected chi connectivity index (χ1v) is 42.7. The number of hydrogen-bond donors (Lipinski definition) is 3. The number of rotatable bonds is 76. The molecule has 3 unspecified atom stereocenters. The van der Waals surface area contributed by atoms with Gasteiger partial charge < -0.3 is 33.8 Å². The van der Waals surface area contributed by atoms with Crippen LogP contribution >= 0.6 is 15.6 Å². The second-order valence-electron chi connectivity index (χ2n) is 27.6. The average molecular weight is 1400 g/mol. The Morgan fingerprint density at radius 2 is 0.505 bits per heavy atom. The second-order valence-corrected chi connectivity index (χ2v) is 30.5. The smallest absolute Gasteiger partial charge is 0.462 e. The predicted octanol–water partition coefficient (Wildman–Crippen LogP) is 22.5. The van der Waals surface area contributed by atoms with Gasteiger partial charge in [0.25, 0.3) is 0 Å². The number of ether oxygens (including phenoxy) is 4.